The molecule has 0 aliphatic rings. The maximum Gasteiger partial charge on any atom is 0.126 e. The Morgan fingerprint density at radius 2 is 2.21 bits per heavy atom. The summed E-state index contributed by atoms with van der Waals surface area (Å²) in [6, 6.07) is 2.06. The molecular formula is C11H18N2O. The highest BCUT2D eigenvalue weighted by Crippen LogP contribution is 2.11. The van der Waals surface area contributed by atoms with Gasteiger partial charge in [-0.1, -0.05) is 6.07 Å². The van der Waals surface area contributed by atoms with E-state index < -0.39 is 0 Å². The van der Waals surface area contributed by atoms with E-state index in [1.54, 1.807) is 6.20 Å². The SMILES string of the molecule is Cc1cnc(N)c(CCOC(C)C)c1. The molecule has 0 amide bonds. The molecule has 1 aromatic heterocycles. The maximum atomic E-state index is 5.74. The summed E-state index contributed by atoms with van der Waals surface area (Å²) in [5.41, 5.74) is 7.95. The van der Waals surface area contributed by atoms with Crippen molar-refractivity contribution in [2.24, 2.45) is 0 Å². The number of rotatable bonds is 4. The fraction of sp³-hybridized carbons (Fsp3) is 0.545. The Hall–Kier alpha value is -1.09. The van der Waals surface area contributed by atoms with Crippen LogP contribution in [0.2, 0.25) is 0 Å². The topological polar surface area (TPSA) is 48.1 Å². The van der Waals surface area contributed by atoms with Crippen LogP contribution in [0.4, 0.5) is 5.82 Å². The van der Waals surface area contributed by atoms with Gasteiger partial charge in [-0.3, -0.25) is 0 Å². The number of nitrogens with zero attached hydrogens (tertiary/aromatic N) is 1. The first-order chi connectivity index (χ1) is 6.59. The molecule has 1 heterocycles. The summed E-state index contributed by atoms with van der Waals surface area (Å²) in [6.45, 7) is 6.77. The van der Waals surface area contributed by atoms with Crippen LogP contribution in [0, 0.1) is 6.92 Å². The average Bonchev–Trinajstić information content (AvgIpc) is 2.10. The second kappa shape index (κ2) is 4.96. The lowest BCUT2D eigenvalue weighted by Gasteiger charge is -2.09. The van der Waals surface area contributed by atoms with E-state index in [-0.39, 0.29) is 6.10 Å². The van der Waals surface area contributed by atoms with Crippen LogP contribution in [0.25, 0.3) is 0 Å². The fourth-order valence-corrected chi connectivity index (χ4v) is 1.25. The van der Waals surface area contributed by atoms with Crippen molar-refractivity contribution >= 4 is 5.82 Å². The largest absolute Gasteiger partial charge is 0.383 e. The Morgan fingerprint density at radius 3 is 2.86 bits per heavy atom. The van der Waals surface area contributed by atoms with Gasteiger partial charge in [0.15, 0.2) is 0 Å². The van der Waals surface area contributed by atoms with Crippen molar-refractivity contribution in [1.82, 2.24) is 4.98 Å². The van der Waals surface area contributed by atoms with Crippen molar-refractivity contribution in [3.8, 4) is 0 Å². The quantitative estimate of drug-likeness (QED) is 0.796. The van der Waals surface area contributed by atoms with Gasteiger partial charge < -0.3 is 10.5 Å². The summed E-state index contributed by atoms with van der Waals surface area (Å²) in [5.74, 6) is 0.614. The fourth-order valence-electron chi connectivity index (χ4n) is 1.25. The molecule has 0 fully saturated rings. The zero-order chi connectivity index (χ0) is 10.6. The van der Waals surface area contributed by atoms with Gasteiger partial charge in [-0.25, -0.2) is 4.98 Å². The number of nitrogens with two attached hydrogens (primary N) is 1. The molecule has 0 bridgehead atoms. The third-order valence-electron chi connectivity index (χ3n) is 1.96. The number of hydrogen-bond acceptors (Lipinski definition) is 3. The number of aromatic nitrogens is 1. The summed E-state index contributed by atoms with van der Waals surface area (Å²) in [7, 11) is 0. The zero-order valence-corrected chi connectivity index (χ0v) is 9.08. The molecule has 1 rings (SSSR count). The summed E-state index contributed by atoms with van der Waals surface area (Å²) in [6.07, 6.45) is 2.88. The first-order valence-corrected chi connectivity index (χ1v) is 4.92. The van der Waals surface area contributed by atoms with Crippen LogP contribution in [-0.2, 0) is 11.2 Å². The summed E-state index contributed by atoms with van der Waals surface area (Å²) < 4.78 is 5.46. The standard InChI is InChI=1S/C11H18N2O/c1-8(2)14-5-4-10-6-9(3)7-13-11(10)12/h6-8H,4-5H2,1-3H3,(H2,12,13). The molecule has 2 N–H and O–H groups in total. The average molecular weight is 194 g/mol. The molecule has 1 aromatic rings. The first kappa shape index (κ1) is 11.0. The molecular weight excluding hydrogens is 176 g/mol. The van der Waals surface area contributed by atoms with Crippen molar-refractivity contribution in [3.63, 3.8) is 0 Å². The number of anilines is 1. The number of hydrogen-bond donors (Lipinski definition) is 1. The van der Waals surface area contributed by atoms with Crippen molar-refractivity contribution in [2.45, 2.75) is 33.3 Å². The van der Waals surface area contributed by atoms with Crippen molar-refractivity contribution in [1.29, 1.82) is 0 Å². The second-order valence-corrected chi connectivity index (χ2v) is 3.73. The van der Waals surface area contributed by atoms with E-state index in [0.717, 1.165) is 17.5 Å². The Balaban J connectivity index is 2.53. The van der Waals surface area contributed by atoms with Gasteiger partial charge in [-0.2, -0.15) is 0 Å². The van der Waals surface area contributed by atoms with Gasteiger partial charge in [-0.05, 0) is 38.3 Å². The lowest BCUT2D eigenvalue weighted by Crippen LogP contribution is -2.08. The van der Waals surface area contributed by atoms with E-state index in [1.165, 1.54) is 0 Å². The van der Waals surface area contributed by atoms with E-state index in [9.17, 15) is 0 Å². The predicted molar refractivity (Wildman–Crippen MR) is 58.2 cm³/mol. The highest BCUT2D eigenvalue weighted by molar-refractivity contribution is 5.40. The van der Waals surface area contributed by atoms with Crippen LogP contribution in [0.5, 0.6) is 0 Å². The molecule has 0 aliphatic carbocycles. The second-order valence-electron chi connectivity index (χ2n) is 3.73. The van der Waals surface area contributed by atoms with Gasteiger partial charge in [0.1, 0.15) is 5.82 Å². The molecule has 78 valence electrons. The minimum absolute atomic E-state index is 0.272. The molecule has 0 saturated heterocycles. The normalized spacial score (nSPS) is 10.9. The molecule has 0 aromatic carbocycles. The van der Waals surface area contributed by atoms with Crippen molar-refractivity contribution in [2.75, 3.05) is 12.3 Å². The van der Waals surface area contributed by atoms with Gasteiger partial charge in [0.25, 0.3) is 0 Å². The Kier molecular flexibility index (Phi) is 3.89. The Morgan fingerprint density at radius 1 is 1.50 bits per heavy atom. The monoisotopic (exact) mass is 194 g/mol. The lowest BCUT2D eigenvalue weighted by molar-refractivity contribution is 0.0814. The van der Waals surface area contributed by atoms with Crippen LogP contribution >= 0.6 is 0 Å². The smallest absolute Gasteiger partial charge is 0.126 e. The summed E-state index contributed by atoms with van der Waals surface area (Å²) >= 11 is 0. The molecule has 3 heteroatoms. The molecule has 0 radical (unpaired) electrons. The van der Waals surface area contributed by atoms with E-state index >= 15 is 0 Å². The molecule has 0 saturated carbocycles. The van der Waals surface area contributed by atoms with Crippen molar-refractivity contribution < 1.29 is 4.74 Å². The minimum atomic E-state index is 0.272. The minimum Gasteiger partial charge on any atom is -0.383 e. The highest BCUT2D eigenvalue weighted by atomic mass is 16.5. The Labute approximate surface area is 85.3 Å². The number of pyridine rings is 1. The van der Waals surface area contributed by atoms with Crippen molar-refractivity contribution in [3.05, 3.63) is 23.4 Å². The summed E-state index contributed by atoms with van der Waals surface area (Å²) in [4.78, 5) is 4.10. The van der Waals surface area contributed by atoms with Gasteiger partial charge in [0.05, 0.1) is 12.7 Å². The number of nitrogen functional groups attached to an aromatic ring is 1. The zero-order valence-electron chi connectivity index (χ0n) is 9.08. The van der Waals surface area contributed by atoms with E-state index in [1.807, 2.05) is 20.8 Å². The van der Waals surface area contributed by atoms with Crippen LogP contribution < -0.4 is 5.73 Å². The lowest BCUT2D eigenvalue weighted by atomic mass is 10.1. The van der Waals surface area contributed by atoms with Gasteiger partial charge in [0.2, 0.25) is 0 Å². The first-order valence-electron chi connectivity index (χ1n) is 4.92. The van der Waals surface area contributed by atoms with Crippen LogP contribution in [0.3, 0.4) is 0 Å². The predicted octanol–water partition coefficient (Wildman–Crippen LogP) is 1.94. The van der Waals surface area contributed by atoms with E-state index in [0.29, 0.717) is 12.4 Å². The third kappa shape index (κ3) is 3.34. The Bertz CT molecular complexity index is 297. The maximum absolute atomic E-state index is 5.74. The van der Waals surface area contributed by atoms with Gasteiger partial charge in [0, 0.05) is 6.20 Å². The number of aryl methyl sites for hydroxylation is 1. The molecule has 14 heavy (non-hydrogen) atoms. The van der Waals surface area contributed by atoms with Gasteiger partial charge >= 0.3 is 0 Å². The number of ether oxygens (including phenoxy) is 1. The third-order valence-corrected chi connectivity index (χ3v) is 1.96. The summed E-state index contributed by atoms with van der Waals surface area (Å²) in [5, 5.41) is 0. The van der Waals surface area contributed by atoms with Crippen LogP contribution in [0.15, 0.2) is 12.3 Å². The molecule has 0 atom stereocenters. The van der Waals surface area contributed by atoms with Crippen LogP contribution in [0.1, 0.15) is 25.0 Å². The molecule has 0 spiro atoms. The molecule has 0 unspecified atom stereocenters. The molecule has 3 nitrogen and oxygen atoms in total. The van der Waals surface area contributed by atoms with Crippen LogP contribution in [-0.4, -0.2) is 17.7 Å². The molecule has 0 aliphatic heterocycles. The van der Waals surface area contributed by atoms with E-state index in [4.69, 9.17) is 10.5 Å². The van der Waals surface area contributed by atoms with Gasteiger partial charge in [-0.15, -0.1) is 0 Å². The van der Waals surface area contributed by atoms with E-state index in [2.05, 4.69) is 11.1 Å². The highest BCUT2D eigenvalue weighted by Gasteiger charge is 2.01.